The molecule has 1 unspecified atom stereocenters. The summed E-state index contributed by atoms with van der Waals surface area (Å²) in [4.78, 5) is 8.22. The minimum atomic E-state index is -0.555. The first kappa shape index (κ1) is 14.4. The summed E-state index contributed by atoms with van der Waals surface area (Å²) in [5.41, 5.74) is 1.73. The minimum Gasteiger partial charge on any atom is -0.391 e. The number of nitrogens with one attached hydrogen (secondary N) is 1. The van der Waals surface area contributed by atoms with E-state index in [0.29, 0.717) is 29.7 Å². The highest BCUT2D eigenvalue weighted by Gasteiger charge is 2.09. The molecule has 0 bridgehead atoms. The van der Waals surface area contributed by atoms with E-state index in [0.717, 1.165) is 5.56 Å². The largest absolute Gasteiger partial charge is 0.391 e. The third kappa shape index (κ3) is 3.38. The maximum atomic E-state index is 13.4. The lowest BCUT2D eigenvalue weighted by Gasteiger charge is -2.13. The van der Waals surface area contributed by atoms with Crippen LogP contribution in [0.5, 0.6) is 0 Å². The molecule has 22 heavy (non-hydrogen) atoms. The first-order chi connectivity index (χ1) is 10.7. The van der Waals surface area contributed by atoms with E-state index in [1.807, 2.05) is 30.3 Å². The van der Waals surface area contributed by atoms with Crippen LogP contribution in [0.2, 0.25) is 0 Å². The van der Waals surface area contributed by atoms with Crippen LogP contribution >= 0.6 is 0 Å². The number of halogens is 1. The first-order valence-electron chi connectivity index (χ1n) is 7.08. The molecule has 2 aromatic carbocycles. The number of nitrogens with zero attached hydrogens (tertiary/aromatic N) is 2. The zero-order valence-corrected chi connectivity index (χ0v) is 11.9. The molecule has 0 saturated heterocycles. The van der Waals surface area contributed by atoms with Crippen molar-refractivity contribution in [1.29, 1.82) is 0 Å². The van der Waals surface area contributed by atoms with Crippen molar-refractivity contribution < 1.29 is 9.50 Å². The van der Waals surface area contributed by atoms with Gasteiger partial charge < -0.3 is 10.4 Å². The Morgan fingerprint density at radius 1 is 1.09 bits per heavy atom. The van der Waals surface area contributed by atoms with Crippen LogP contribution in [0.3, 0.4) is 0 Å². The molecule has 0 spiro atoms. The van der Waals surface area contributed by atoms with Crippen LogP contribution < -0.4 is 5.32 Å². The van der Waals surface area contributed by atoms with Gasteiger partial charge in [0.1, 0.15) is 18.0 Å². The molecule has 5 heteroatoms. The summed E-state index contributed by atoms with van der Waals surface area (Å²) in [7, 11) is 0. The lowest BCUT2D eigenvalue weighted by atomic mass is 10.1. The van der Waals surface area contributed by atoms with Crippen LogP contribution in [-0.4, -0.2) is 27.7 Å². The Kier molecular flexibility index (Phi) is 4.25. The molecule has 112 valence electrons. The third-order valence-corrected chi connectivity index (χ3v) is 3.42. The average Bonchev–Trinajstić information content (AvgIpc) is 2.54. The predicted molar refractivity (Wildman–Crippen MR) is 84.1 cm³/mol. The van der Waals surface area contributed by atoms with E-state index >= 15 is 0 Å². The van der Waals surface area contributed by atoms with Crippen molar-refractivity contribution in [2.75, 3.05) is 11.9 Å². The molecule has 0 aliphatic heterocycles. The van der Waals surface area contributed by atoms with E-state index in [2.05, 4.69) is 15.3 Å². The van der Waals surface area contributed by atoms with Gasteiger partial charge in [-0.1, -0.05) is 30.3 Å². The Hall–Kier alpha value is -2.53. The van der Waals surface area contributed by atoms with Crippen molar-refractivity contribution in [3.8, 4) is 0 Å². The molecule has 1 atom stereocenters. The molecule has 1 aromatic heterocycles. The maximum absolute atomic E-state index is 13.4. The zero-order chi connectivity index (χ0) is 15.4. The second-order valence-corrected chi connectivity index (χ2v) is 5.11. The van der Waals surface area contributed by atoms with Gasteiger partial charge in [0, 0.05) is 18.4 Å². The summed E-state index contributed by atoms with van der Waals surface area (Å²) < 4.78 is 13.4. The number of benzene rings is 2. The molecule has 3 rings (SSSR count). The normalized spacial score (nSPS) is 12.3. The maximum Gasteiger partial charge on any atom is 0.137 e. The van der Waals surface area contributed by atoms with Crippen LogP contribution in [0.25, 0.3) is 10.9 Å². The van der Waals surface area contributed by atoms with Crippen LogP contribution in [0, 0.1) is 5.82 Å². The Balaban J connectivity index is 1.70. The van der Waals surface area contributed by atoms with E-state index in [9.17, 15) is 9.50 Å². The van der Waals surface area contributed by atoms with Crippen LogP contribution in [0.1, 0.15) is 5.56 Å². The summed E-state index contributed by atoms with van der Waals surface area (Å²) in [5, 5.41) is 13.8. The third-order valence-electron chi connectivity index (χ3n) is 3.42. The van der Waals surface area contributed by atoms with E-state index in [4.69, 9.17) is 0 Å². The predicted octanol–water partition coefficient (Wildman–Crippen LogP) is 2.78. The molecule has 3 aromatic rings. The highest BCUT2D eigenvalue weighted by molar-refractivity contribution is 5.88. The fourth-order valence-corrected chi connectivity index (χ4v) is 2.34. The Morgan fingerprint density at radius 3 is 2.73 bits per heavy atom. The monoisotopic (exact) mass is 297 g/mol. The van der Waals surface area contributed by atoms with Gasteiger partial charge in [0.15, 0.2) is 0 Å². The fraction of sp³-hybridized carbons (Fsp3) is 0.176. The van der Waals surface area contributed by atoms with Crippen molar-refractivity contribution in [2.45, 2.75) is 12.5 Å². The molecule has 0 radical (unpaired) electrons. The molecule has 0 saturated carbocycles. The SMILES string of the molecule is OC(CNc1ncnc2ccc(F)cc12)Cc1ccccc1. The molecule has 0 aliphatic carbocycles. The topological polar surface area (TPSA) is 58.0 Å². The van der Waals surface area contributed by atoms with Crippen LogP contribution in [-0.2, 0) is 6.42 Å². The lowest BCUT2D eigenvalue weighted by molar-refractivity contribution is 0.188. The summed E-state index contributed by atoms with van der Waals surface area (Å²) in [5.74, 6) is 0.187. The second kappa shape index (κ2) is 6.49. The van der Waals surface area contributed by atoms with Gasteiger partial charge in [-0.3, -0.25) is 0 Å². The lowest BCUT2D eigenvalue weighted by Crippen LogP contribution is -2.22. The summed E-state index contributed by atoms with van der Waals surface area (Å²) in [6, 6.07) is 14.1. The van der Waals surface area contributed by atoms with Crippen molar-refractivity contribution in [2.24, 2.45) is 0 Å². The number of aromatic nitrogens is 2. The Labute approximate surface area is 127 Å². The van der Waals surface area contributed by atoms with Gasteiger partial charge in [0.05, 0.1) is 11.6 Å². The van der Waals surface area contributed by atoms with E-state index < -0.39 is 6.10 Å². The van der Waals surface area contributed by atoms with Gasteiger partial charge in [-0.05, 0) is 23.8 Å². The number of aliphatic hydroxyl groups excluding tert-OH is 1. The highest BCUT2D eigenvalue weighted by atomic mass is 19.1. The fourth-order valence-electron chi connectivity index (χ4n) is 2.34. The van der Waals surface area contributed by atoms with Crippen LogP contribution in [0.15, 0.2) is 54.9 Å². The van der Waals surface area contributed by atoms with Gasteiger partial charge in [0.25, 0.3) is 0 Å². The smallest absolute Gasteiger partial charge is 0.137 e. The van der Waals surface area contributed by atoms with Crippen molar-refractivity contribution >= 4 is 16.7 Å². The zero-order valence-electron chi connectivity index (χ0n) is 11.9. The Bertz CT molecular complexity index is 764. The average molecular weight is 297 g/mol. The van der Waals surface area contributed by atoms with Crippen molar-refractivity contribution in [3.63, 3.8) is 0 Å². The summed E-state index contributed by atoms with van der Waals surface area (Å²) in [6.07, 6.45) is 1.41. The molecule has 2 N–H and O–H groups in total. The molecule has 0 fully saturated rings. The Morgan fingerprint density at radius 2 is 1.91 bits per heavy atom. The van der Waals surface area contributed by atoms with Gasteiger partial charge in [-0.2, -0.15) is 0 Å². The van der Waals surface area contributed by atoms with Gasteiger partial charge in [-0.15, -0.1) is 0 Å². The molecular formula is C17H16FN3O. The van der Waals surface area contributed by atoms with Crippen molar-refractivity contribution in [1.82, 2.24) is 9.97 Å². The number of hydrogen-bond acceptors (Lipinski definition) is 4. The van der Waals surface area contributed by atoms with E-state index in [-0.39, 0.29) is 5.82 Å². The highest BCUT2D eigenvalue weighted by Crippen LogP contribution is 2.20. The minimum absolute atomic E-state index is 0.331. The number of anilines is 1. The van der Waals surface area contributed by atoms with Gasteiger partial charge in [-0.25, -0.2) is 14.4 Å². The molecule has 1 heterocycles. The number of aliphatic hydroxyl groups is 1. The molecule has 0 amide bonds. The summed E-state index contributed by atoms with van der Waals surface area (Å²) >= 11 is 0. The molecular weight excluding hydrogens is 281 g/mol. The molecule has 4 nitrogen and oxygen atoms in total. The molecule has 0 aliphatic rings. The van der Waals surface area contributed by atoms with E-state index in [1.165, 1.54) is 18.5 Å². The second-order valence-electron chi connectivity index (χ2n) is 5.11. The van der Waals surface area contributed by atoms with Gasteiger partial charge in [0.2, 0.25) is 0 Å². The van der Waals surface area contributed by atoms with E-state index in [1.54, 1.807) is 6.07 Å². The standard InChI is InChI=1S/C17H16FN3O/c18-13-6-7-16-15(9-13)17(21-11-20-16)19-10-14(22)8-12-4-2-1-3-5-12/h1-7,9,11,14,22H,8,10H2,(H,19,20,21). The van der Waals surface area contributed by atoms with Gasteiger partial charge >= 0.3 is 0 Å². The summed E-state index contributed by atoms with van der Waals surface area (Å²) in [6.45, 7) is 0.331. The number of rotatable bonds is 5. The van der Waals surface area contributed by atoms with Crippen LogP contribution in [0.4, 0.5) is 10.2 Å². The first-order valence-corrected chi connectivity index (χ1v) is 7.08. The number of hydrogen-bond donors (Lipinski definition) is 2. The van der Waals surface area contributed by atoms with Crippen molar-refractivity contribution in [3.05, 3.63) is 66.2 Å². The quantitative estimate of drug-likeness (QED) is 0.760. The number of fused-ring (bicyclic) bond motifs is 1.